The molecule has 0 bridgehead atoms. The van der Waals surface area contributed by atoms with E-state index in [-0.39, 0.29) is 6.04 Å². The van der Waals surface area contributed by atoms with E-state index < -0.39 is 0 Å². The van der Waals surface area contributed by atoms with Gasteiger partial charge in [0.2, 0.25) is 11.8 Å². The molecule has 0 spiro atoms. The van der Waals surface area contributed by atoms with Gasteiger partial charge in [0.25, 0.3) is 0 Å². The average Bonchev–Trinajstić information content (AvgIpc) is 3.33. The van der Waals surface area contributed by atoms with Crippen LogP contribution in [-0.4, -0.2) is 46.3 Å². The third-order valence-corrected chi connectivity index (χ3v) is 5.45. The zero-order valence-electron chi connectivity index (χ0n) is 14.4. The fourth-order valence-corrected chi connectivity index (χ4v) is 3.82. The number of piperazine rings is 1. The zero-order valence-corrected chi connectivity index (χ0v) is 15.2. The first-order valence-electron chi connectivity index (χ1n) is 8.49. The minimum atomic E-state index is 0.115. The second-order valence-electron chi connectivity index (χ2n) is 6.33. The van der Waals surface area contributed by atoms with Gasteiger partial charge in [-0.2, -0.15) is 0 Å². The van der Waals surface area contributed by atoms with Gasteiger partial charge >= 0.3 is 0 Å². The first-order valence-corrected chi connectivity index (χ1v) is 9.37. The second kappa shape index (κ2) is 6.93. The molecular weight excluding hydrogens is 334 g/mol. The van der Waals surface area contributed by atoms with Crippen molar-refractivity contribution in [1.82, 2.24) is 20.1 Å². The molecule has 0 radical (unpaired) electrons. The number of thiazole rings is 1. The number of aromatic nitrogens is 3. The van der Waals surface area contributed by atoms with Crippen LogP contribution < -0.4 is 4.90 Å². The van der Waals surface area contributed by atoms with Gasteiger partial charge in [0, 0.05) is 43.3 Å². The molecule has 0 amide bonds. The lowest BCUT2D eigenvalue weighted by molar-refractivity contribution is 0.173. The van der Waals surface area contributed by atoms with Gasteiger partial charge in [0.15, 0.2) is 5.13 Å². The van der Waals surface area contributed by atoms with Crippen LogP contribution in [0.15, 0.2) is 40.3 Å². The van der Waals surface area contributed by atoms with E-state index in [2.05, 4.69) is 51.0 Å². The minimum Gasteiger partial charge on any atom is -0.419 e. The summed E-state index contributed by atoms with van der Waals surface area (Å²) in [5, 5.41) is 11.6. The van der Waals surface area contributed by atoms with E-state index in [1.54, 1.807) is 11.3 Å². The quantitative estimate of drug-likeness (QED) is 0.715. The van der Waals surface area contributed by atoms with Gasteiger partial charge in [-0.15, -0.1) is 21.5 Å². The van der Waals surface area contributed by atoms with Crippen molar-refractivity contribution in [2.45, 2.75) is 19.9 Å². The number of hydrogen-bond acceptors (Lipinski definition) is 7. The normalized spacial score (nSPS) is 17.0. The number of nitrogens with zero attached hydrogens (tertiary/aromatic N) is 5. The number of benzene rings is 1. The summed E-state index contributed by atoms with van der Waals surface area (Å²) in [6.07, 6.45) is 1.86. The van der Waals surface area contributed by atoms with E-state index in [1.165, 1.54) is 5.56 Å². The van der Waals surface area contributed by atoms with Crippen molar-refractivity contribution < 1.29 is 4.42 Å². The molecule has 1 aliphatic heterocycles. The summed E-state index contributed by atoms with van der Waals surface area (Å²) in [7, 11) is 0. The van der Waals surface area contributed by atoms with E-state index in [0.717, 1.165) is 36.9 Å². The van der Waals surface area contributed by atoms with Crippen LogP contribution in [0.5, 0.6) is 0 Å². The summed E-state index contributed by atoms with van der Waals surface area (Å²) in [6.45, 7) is 8.05. The lowest BCUT2D eigenvalue weighted by Gasteiger charge is -2.36. The monoisotopic (exact) mass is 355 g/mol. The molecule has 0 N–H and O–H groups in total. The third-order valence-electron chi connectivity index (χ3n) is 4.61. The van der Waals surface area contributed by atoms with Crippen LogP contribution in [0.3, 0.4) is 0 Å². The molecule has 2 aromatic heterocycles. The highest BCUT2D eigenvalue weighted by Gasteiger charge is 2.26. The highest BCUT2D eigenvalue weighted by atomic mass is 32.1. The standard InChI is InChI=1S/C18H21N5OS/c1-13-4-3-5-15(12-13)17-21-20-16(24-17)14(2)22-7-9-23(10-8-22)18-19-6-11-25-18/h3-6,11-12,14H,7-10H2,1-2H3. The van der Waals surface area contributed by atoms with Crippen molar-refractivity contribution in [3.05, 3.63) is 47.3 Å². The number of hydrogen-bond donors (Lipinski definition) is 0. The van der Waals surface area contributed by atoms with Gasteiger partial charge in [0.1, 0.15) is 0 Å². The molecule has 1 saturated heterocycles. The Morgan fingerprint density at radius 3 is 2.72 bits per heavy atom. The fourth-order valence-electron chi connectivity index (χ4n) is 3.13. The first-order chi connectivity index (χ1) is 12.2. The minimum absolute atomic E-state index is 0.115. The van der Waals surface area contributed by atoms with Crippen LogP contribution in [-0.2, 0) is 0 Å². The van der Waals surface area contributed by atoms with Crippen molar-refractivity contribution in [2.24, 2.45) is 0 Å². The molecule has 3 aromatic rings. The van der Waals surface area contributed by atoms with Crippen molar-refractivity contribution >= 4 is 16.5 Å². The Morgan fingerprint density at radius 1 is 1.16 bits per heavy atom. The summed E-state index contributed by atoms with van der Waals surface area (Å²) in [4.78, 5) is 9.12. The van der Waals surface area contributed by atoms with Gasteiger partial charge < -0.3 is 9.32 Å². The van der Waals surface area contributed by atoms with Gasteiger partial charge in [-0.1, -0.05) is 17.7 Å². The molecule has 1 aromatic carbocycles. The Balaban J connectivity index is 1.43. The summed E-state index contributed by atoms with van der Waals surface area (Å²) in [5.74, 6) is 1.27. The molecule has 4 rings (SSSR count). The molecule has 0 saturated carbocycles. The van der Waals surface area contributed by atoms with Gasteiger partial charge in [-0.25, -0.2) is 4.98 Å². The lowest BCUT2D eigenvalue weighted by atomic mass is 10.1. The highest BCUT2D eigenvalue weighted by Crippen LogP contribution is 2.26. The zero-order chi connectivity index (χ0) is 17.2. The lowest BCUT2D eigenvalue weighted by Crippen LogP contribution is -2.47. The average molecular weight is 355 g/mol. The van der Waals surface area contributed by atoms with E-state index in [1.807, 2.05) is 23.7 Å². The Kier molecular flexibility index (Phi) is 4.50. The van der Waals surface area contributed by atoms with Crippen molar-refractivity contribution in [3.63, 3.8) is 0 Å². The molecular formula is C18H21N5OS. The predicted molar refractivity (Wildman–Crippen MR) is 98.8 cm³/mol. The van der Waals surface area contributed by atoms with Gasteiger partial charge in [-0.3, -0.25) is 4.90 Å². The van der Waals surface area contributed by atoms with Crippen LogP contribution in [0.25, 0.3) is 11.5 Å². The Morgan fingerprint density at radius 2 is 2.00 bits per heavy atom. The Hall–Kier alpha value is -2.25. The van der Waals surface area contributed by atoms with Crippen LogP contribution in [0.2, 0.25) is 0 Å². The molecule has 7 heteroatoms. The van der Waals surface area contributed by atoms with E-state index >= 15 is 0 Å². The number of anilines is 1. The second-order valence-corrected chi connectivity index (χ2v) is 7.20. The summed E-state index contributed by atoms with van der Waals surface area (Å²) in [5.41, 5.74) is 2.16. The molecule has 1 atom stereocenters. The number of aryl methyl sites for hydroxylation is 1. The number of rotatable bonds is 4. The van der Waals surface area contributed by atoms with E-state index in [0.29, 0.717) is 11.8 Å². The van der Waals surface area contributed by atoms with Crippen LogP contribution in [0.4, 0.5) is 5.13 Å². The molecule has 25 heavy (non-hydrogen) atoms. The van der Waals surface area contributed by atoms with Crippen LogP contribution in [0.1, 0.15) is 24.4 Å². The molecule has 130 valence electrons. The molecule has 1 unspecified atom stereocenters. The molecule has 6 nitrogen and oxygen atoms in total. The van der Waals surface area contributed by atoms with E-state index in [9.17, 15) is 0 Å². The molecule has 0 aliphatic carbocycles. The van der Waals surface area contributed by atoms with E-state index in [4.69, 9.17) is 4.42 Å². The maximum absolute atomic E-state index is 5.95. The molecule has 3 heterocycles. The fraction of sp³-hybridized carbons (Fsp3) is 0.389. The molecule has 1 aliphatic rings. The highest BCUT2D eigenvalue weighted by molar-refractivity contribution is 7.13. The first kappa shape index (κ1) is 16.2. The summed E-state index contributed by atoms with van der Waals surface area (Å²) in [6, 6.07) is 8.25. The van der Waals surface area contributed by atoms with Crippen molar-refractivity contribution in [3.8, 4) is 11.5 Å². The van der Waals surface area contributed by atoms with Crippen LogP contribution >= 0.6 is 11.3 Å². The van der Waals surface area contributed by atoms with Crippen molar-refractivity contribution in [1.29, 1.82) is 0 Å². The summed E-state index contributed by atoms with van der Waals surface area (Å²) >= 11 is 1.69. The SMILES string of the molecule is Cc1cccc(-c2nnc(C(C)N3CCN(c4nccs4)CC3)o2)c1. The Labute approximate surface area is 151 Å². The van der Waals surface area contributed by atoms with Crippen LogP contribution in [0, 0.1) is 6.92 Å². The predicted octanol–water partition coefficient (Wildman–Crippen LogP) is 3.38. The maximum Gasteiger partial charge on any atom is 0.247 e. The van der Waals surface area contributed by atoms with Crippen molar-refractivity contribution in [2.75, 3.05) is 31.1 Å². The smallest absolute Gasteiger partial charge is 0.247 e. The topological polar surface area (TPSA) is 58.3 Å². The third kappa shape index (κ3) is 3.43. The molecule has 1 fully saturated rings. The Bertz CT molecular complexity index is 824. The van der Waals surface area contributed by atoms with Gasteiger partial charge in [0.05, 0.1) is 6.04 Å². The largest absolute Gasteiger partial charge is 0.419 e. The summed E-state index contributed by atoms with van der Waals surface area (Å²) < 4.78 is 5.95. The van der Waals surface area contributed by atoms with Gasteiger partial charge in [-0.05, 0) is 26.0 Å². The maximum atomic E-state index is 5.95.